The van der Waals surface area contributed by atoms with Crippen molar-refractivity contribution in [3.05, 3.63) is 12.2 Å². The summed E-state index contributed by atoms with van der Waals surface area (Å²) in [6, 6.07) is 0. The standard InChI is InChI=1S/C10H13NO5/c1-2-6-15-10(14)16-7-5-11-8(12)3-4-9(11)13/h3-4H,2,5-7H2,1H3. The van der Waals surface area contributed by atoms with Gasteiger partial charge in [-0.25, -0.2) is 4.79 Å². The van der Waals surface area contributed by atoms with E-state index >= 15 is 0 Å². The van der Waals surface area contributed by atoms with Gasteiger partial charge in [0.25, 0.3) is 11.8 Å². The quantitative estimate of drug-likeness (QED) is 0.504. The summed E-state index contributed by atoms with van der Waals surface area (Å²) in [6.07, 6.45) is 2.28. The van der Waals surface area contributed by atoms with Crippen LogP contribution in [0.25, 0.3) is 0 Å². The smallest absolute Gasteiger partial charge is 0.434 e. The lowest BCUT2D eigenvalue weighted by atomic mass is 10.5. The Balaban J connectivity index is 2.18. The molecule has 0 saturated heterocycles. The molecule has 1 aliphatic heterocycles. The maximum Gasteiger partial charge on any atom is 0.508 e. The molecule has 1 rings (SSSR count). The third kappa shape index (κ3) is 3.38. The van der Waals surface area contributed by atoms with Gasteiger partial charge in [0.15, 0.2) is 0 Å². The van der Waals surface area contributed by atoms with E-state index in [1.165, 1.54) is 12.2 Å². The second kappa shape index (κ2) is 5.89. The van der Waals surface area contributed by atoms with Crippen molar-refractivity contribution in [3.8, 4) is 0 Å². The van der Waals surface area contributed by atoms with Gasteiger partial charge in [0.05, 0.1) is 13.2 Å². The fourth-order valence-electron chi connectivity index (χ4n) is 1.10. The van der Waals surface area contributed by atoms with Gasteiger partial charge in [-0.1, -0.05) is 6.92 Å². The Bertz CT molecular complexity index is 305. The van der Waals surface area contributed by atoms with Crippen LogP contribution in [0.4, 0.5) is 4.79 Å². The molecule has 0 bridgehead atoms. The van der Waals surface area contributed by atoms with Crippen molar-refractivity contribution < 1.29 is 23.9 Å². The molecule has 0 atom stereocenters. The predicted octanol–water partition coefficient (Wildman–Crippen LogP) is 0.475. The summed E-state index contributed by atoms with van der Waals surface area (Å²) in [5.74, 6) is -0.786. The number of nitrogens with zero attached hydrogens (tertiary/aromatic N) is 1. The molecular formula is C10H13NO5. The van der Waals surface area contributed by atoms with Crippen LogP contribution in [-0.4, -0.2) is 42.6 Å². The van der Waals surface area contributed by atoms with Crippen LogP contribution in [0.5, 0.6) is 0 Å². The van der Waals surface area contributed by atoms with Crippen molar-refractivity contribution in [2.45, 2.75) is 13.3 Å². The highest BCUT2D eigenvalue weighted by atomic mass is 16.7. The van der Waals surface area contributed by atoms with Crippen LogP contribution in [-0.2, 0) is 19.1 Å². The number of ether oxygens (including phenoxy) is 2. The highest BCUT2D eigenvalue weighted by Crippen LogP contribution is 2.02. The monoisotopic (exact) mass is 227 g/mol. The molecule has 0 spiro atoms. The first-order valence-electron chi connectivity index (χ1n) is 4.98. The lowest BCUT2D eigenvalue weighted by molar-refractivity contribution is -0.137. The Labute approximate surface area is 92.8 Å². The highest BCUT2D eigenvalue weighted by molar-refractivity contribution is 6.12. The van der Waals surface area contributed by atoms with E-state index in [9.17, 15) is 14.4 Å². The second-order valence-electron chi connectivity index (χ2n) is 3.11. The molecule has 0 aromatic rings. The second-order valence-corrected chi connectivity index (χ2v) is 3.11. The van der Waals surface area contributed by atoms with Crippen molar-refractivity contribution in [1.29, 1.82) is 0 Å². The summed E-state index contributed by atoms with van der Waals surface area (Å²) >= 11 is 0. The lowest BCUT2D eigenvalue weighted by Gasteiger charge is -2.13. The number of imide groups is 1. The molecule has 88 valence electrons. The van der Waals surface area contributed by atoms with E-state index in [1.807, 2.05) is 6.92 Å². The molecule has 1 heterocycles. The van der Waals surface area contributed by atoms with E-state index in [2.05, 4.69) is 9.47 Å². The third-order valence-electron chi connectivity index (χ3n) is 1.86. The van der Waals surface area contributed by atoms with Gasteiger partial charge in [0.1, 0.15) is 6.61 Å². The minimum atomic E-state index is -0.783. The van der Waals surface area contributed by atoms with E-state index in [0.717, 1.165) is 4.90 Å². The van der Waals surface area contributed by atoms with E-state index in [0.29, 0.717) is 13.0 Å². The van der Waals surface area contributed by atoms with Crippen LogP contribution in [0, 0.1) is 0 Å². The molecule has 6 nitrogen and oxygen atoms in total. The topological polar surface area (TPSA) is 72.9 Å². The zero-order valence-corrected chi connectivity index (χ0v) is 8.97. The van der Waals surface area contributed by atoms with Crippen molar-refractivity contribution in [3.63, 3.8) is 0 Å². The molecule has 0 N–H and O–H groups in total. The number of carbonyl (C=O) groups excluding carboxylic acids is 3. The maximum atomic E-state index is 11.1. The lowest BCUT2D eigenvalue weighted by Crippen LogP contribution is -2.33. The van der Waals surface area contributed by atoms with Gasteiger partial charge in [0.2, 0.25) is 0 Å². The molecule has 0 aromatic heterocycles. The molecule has 0 aromatic carbocycles. The third-order valence-corrected chi connectivity index (χ3v) is 1.86. The Hall–Kier alpha value is -1.85. The average molecular weight is 227 g/mol. The van der Waals surface area contributed by atoms with E-state index in [4.69, 9.17) is 0 Å². The van der Waals surface area contributed by atoms with Crippen LogP contribution in [0.2, 0.25) is 0 Å². The number of carbonyl (C=O) groups is 3. The highest BCUT2D eigenvalue weighted by Gasteiger charge is 2.23. The van der Waals surface area contributed by atoms with Gasteiger partial charge in [-0.05, 0) is 6.42 Å². The Morgan fingerprint density at radius 1 is 1.19 bits per heavy atom. The Kier molecular flexibility index (Phi) is 4.50. The molecule has 0 radical (unpaired) electrons. The van der Waals surface area contributed by atoms with Gasteiger partial charge in [0, 0.05) is 12.2 Å². The van der Waals surface area contributed by atoms with Crippen molar-refractivity contribution in [1.82, 2.24) is 4.90 Å². The van der Waals surface area contributed by atoms with Crippen molar-refractivity contribution >= 4 is 18.0 Å². The molecule has 1 aliphatic rings. The molecule has 6 heteroatoms. The molecule has 2 amide bonds. The van der Waals surface area contributed by atoms with Crippen LogP contribution >= 0.6 is 0 Å². The fraction of sp³-hybridized carbons (Fsp3) is 0.500. The van der Waals surface area contributed by atoms with Gasteiger partial charge in [-0.2, -0.15) is 0 Å². The SMILES string of the molecule is CCCOC(=O)OCCN1C(=O)C=CC1=O. The average Bonchev–Trinajstić information content (AvgIpc) is 2.57. The summed E-state index contributed by atoms with van der Waals surface area (Å²) < 4.78 is 9.31. The first-order chi connectivity index (χ1) is 7.65. The number of amides is 2. The molecule has 16 heavy (non-hydrogen) atoms. The maximum absolute atomic E-state index is 11.1. The number of rotatable bonds is 5. The minimum absolute atomic E-state index is 0.0475. The van der Waals surface area contributed by atoms with Gasteiger partial charge in [-0.15, -0.1) is 0 Å². The van der Waals surface area contributed by atoms with Crippen molar-refractivity contribution in [2.75, 3.05) is 19.8 Å². The molecular weight excluding hydrogens is 214 g/mol. The van der Waals surface area contributed by atoms with E-state index in [1.54, 1.807) is 0 Å². The van der Waals surface area contributed by atoms with Crippen LogP contribution in [0.1, 0.15) is 13.3 Å². The fourth-order valence-corrected chi connectivity index (χ4v) is 1.10. The summed E-state index contributed by atoms with van der Waals surface area (Å²) in [5.41, 5.74) is 0. The first kappa shape index (κ1) is 12.2. The minimum Gasteiger partial charge on any atom is -0.434 e. The van der Waals surface area contributed by atoms with Crippen LogP contribution in [0.3, 0.4) is 0 Å². The van der Waals surface area contributed by atoms with Gasteiger partial charge >= 0.3 is 6.16 Å². The normalized spacial score (nSPS) is 14.4. The molecule has 0 aliphatic carbocycles. The molecule has 0 fully saturated rings. The van der Waals surface area contributed by atoms with Gasteiger partial charge < -0.3 is 9.47 Å². The Morgan fingerprint density at radius 3 is 2.31 bits per heavy atom. The number of hydrogen-bond donors (Lipinski definition) is 0. The summed E-state index contributed by atoms with van der Waals surface area (Å²) in [4.78, 5) is 34.0. The zero-order chi connectivity index (χ0) is 12.0. The summed E-state index contributed by atoms with van der Waals surface area (Å²) in [5, 5.41) is 0. The number of hydrogen-bond acceptors (Lipinski definition) is 5. The van der Waals surface area contributed by atoms with Crippen molar-refractivity contribution in [2.24, 2.45) is 0 Å². The van der Waals surface area contributed by atoms with E-state index in [-0.39, 0.29) is 13.2 Å². The molecule has 0 saturated carbocycles. The summed E-state index contributed by atoms with van der Waals surface area (Å²) in [6.45, 7) is 2.15. The first-order valence-corrected chi connectivity index (χ1v) is 4.98. The molecule has 0 unspecified atom stereocenters. The van der Waals surface area contributed by atoms with Crippen LogP contribution in [0.15, 0.2) is 12.2 Å². The van der Waals surface area contributed by atoms with Crippen LogP contribution < -0.4 is 0 Å². The zero-order valence-electron chi connectivity index (χ0n) is 8.97. The Morgan fingerprint density at radius 2 is 1.75 bits per heavy atom. The van der Waals surface area contributed by atoms with E-state index < -0.39 is 18.0 Å². The summed E-state index contributed by atoms with van der Waals surface area (Å²) in [7, 11) is 0. The van der Waals surface area contributed by atoms with Gasteiger partial charge in [-0.3, -0.25) is 14.5 Å². The predicted molar refractivity (Wildman–Crippen MR) is 53.5 cm³/mol. The largest absolute Gasteiger partial charge is 0.508 e.